The molecule has 1 fully saturated rings. The minimum Gasteiger partial charge on any atom is -0.396 e. The lowest BCUT2D eigenvalue weighted by Crippen LogP contribution is -2.42. The second-order valence-electron chi connectivity index (χ2n) is 10.3. The highest BCUT2D eigenvalue weighted by atomic mass is 16.5. The van der Waals surface area contributed by atoms with E-state index in [1.807, 2.05) is 36.5 Å². The number of carbonyl (C=O) groups is 2. The Morgan fingerprint density at radius 3 is 2.22 bits per heavy atom. The molecule has 1 aromatic heterocycles. The van der Waals surface area contributed by atoms with Crippen LogP contribution in [0, 0.1) is 0 Å². The van der Waals surface area contributed by atoms with Gasteiger partial charge in [-0.1, -0.05) is 17.3 Å². The second-order valence-corrected chi connectivity index (χ2v) is 10.3. The maximum absolute atomic E-state index is 13.3. The molecule has 0 saturated carbocycles. The Labute approximate surface area is 240 Å². The first-order chi connectivity index (χ1) is 20.2. The molecule has 2 aliphatic rings. The maximum Gasteiger partial charge on any atom is 0.261 e. The smallest absolute Gasteiger partial charge is 0.261 e. The average molecular weight is 566 g/mol. The van der Waals surface area contributed by atoms with Crippen LogP contribution in [-0.2, 0) is 27.2 Å². The minimum atomic E-state index is -0.270. The summed E-state index contributed by atoms with van der Waals surface area (Å²) in [5.41, 5.74) is 3.11. The fraction of sp³-hybridized carbons (Fsp3) is 0.533. The number of benzene rings is 2. The average Bonchev–Trinajstić information content (AvgIpc) is 3.46. The molecule has 41 heavy (non-hydrogen) atoms. The van der Waals surface area contributed by atoms with Crippen LogP contribution in [0.15, 0.2) is 36.5 Å². The van der Waals surface area contributed by atoms with Crippen LogP contribution in [0.3, 0.4) is 0 Å². The van der Waals surface area contributed by atoms with Gasteiger partial charge in [-0.3, -0.25) is 14.5 Å². The van der Waals surface area contributed by atoms with Crippen molar-refractivity contribution in [2.24, 2.45) is 0 Å². The lowest BCUT2D eigenvalue weighted by atomic mass is 9.92. The van der Waals surface area contributed by atoms with Gasteiger partial charge in [0, 0.05) is 53.5 Å². The van der Waals surface area contributed by atoms with Crippen molar-refractivity contribution in [3.8, 4) is 0 Å². The summed E-state index contributed by atoms with van der Waals surface area (Å²) >= 11 is 0. The maximum atomic E-state index is 13.3. The SMILES string of the molecule is O=C1c2cccc3c(N4CCCCC4)ccc(c23)C(=O)N1CCOCCOCCOCCn1cc(CCCO)nn1. The Morgan fingerprint density at radius 2 is 1.49 bits per heavy atom. The standard InChI is InChI=1S/C30H39N5O6/c36-15-5-6-23-22-34(32-31-23)13-16-39-18-20-41-21-19-40-17-14-35-29(37)25-8-4-7-24-27(33-11-2-1-3-12-33)10-9-26(28(24)25)30(35)38/h4,7-10,22,36H,1-3,5-6,11-21H2. The molecule has 5 rings (SSSR count). The number of imide groups is 1. The molecule has 0 spiro atoms. The molecule has 0 radical (unpaired) electrons. The van der Waals surface area contributed by atoms with Crippen LogP contribution in [0.1, 0.15) is 52.1 Å². The number of aryl methyl sites for hydroxylation is 1. The molecule has 2 amide bonds. The van der Waals surface area contributed by atoms with Crippen molar-refractivity contribution in [1.29, 1.82) is 0 Å². The normalized spacial score (nSPS) is 15.3. The Hall–Kier alpha value is -3.38. The van der Waals surface area contributed by atoms with E-state index in [1.54, 1.807) is 4.68 Å². The van der Waals surface area contributed by atoms with Gasteiger partial charge < -0.3 is 24.2 Å². The monoisotopic (exact) mass is 565 g/mol. The molecule has 3 heterocycles. The third-order valence-electron chi connectivity index (χ3n) is 7.51. The van der Waals surface area contributed by atoms with E-state index in [2.05, 4.69) is 15.2 Å². The van der Waals surface area contributed by atoms with Gasteiger partial charge in [0.1, 0.15) is 0 Å². The van der Waals surface area contributed by atoms with E-state index in [4.69, 9.17) is 19.3 Å². The van der Waals surface area contributed by atoms with Gasteiger partial charge in [-0.05, 0) is 50.3 Å². The molecule has 1 N–H and O–H groups in total. The number of piperidine rings is 1. The zero-order valence-corrected chi connectivity index (χ0v) is 23.5. The molecular weight excluding hydrogens is 526 g/mol. The number of aromatic nitrogens is 3. The summed E-state index contributed by atoms with van der Waals surface area (Å²) in [5, 5.41) is 18.7. The van der Waals surface area contributed by atoms with E-state index in [9.17, 15) is 9.59 Å². The van der Waals surface area contributed by atoms with Crippen molar-refractivity contribution < 1.29 is 28.9 Å². The highest BCUT2D eigenvalue weighted by Gasteiger charge is 2.33. The lowest BCUT2D eigenvalue weighted by Gasteiger charge is -2.32. The van der Waals surface area contributed by atoms with Gasteiger partial charge in [-0.15, -0.1) is 5.10 Å². The fourth-order valence-corrected chi connectivity index (χ4v) is 5.42. The third kappa shape index (κ3) is 7.10. The van der Waals surface area contributed by atoms with E-state index >= 15 is 0 Å². The number of anilines is 1. The Bertz CT molecular complexity index is 1300. The van der Waals surface area contributed by atoms with Crippen molar-refractivity contribution >= 4 is 28.3 Å². The Morgan fingerprint density at radius 1 is 0.805 bits per heavy atom. The van der Waals surface area contributed by atoms with E-state index in [0.717, 1.165) is 48.1 Å². The number of amides is 2. The molecule has 1 saturated heterocycles. The highest BCUT2D eigenvalue weighted by Crippen LogP contribution is 2.36. The Balaban J connectivity index is 1.00. The summed E-state index contributed by atoms with van der Waals surface area (Å²) in [5.74, 6) is -0.540. The summed E-state index contributed by atoms with van der Waals surface area (Å²) in [7, 11) is 0. The van der Waals surface area contributed by atoms with Gasteiger partial charge >= 0.3 is 0 Å². The number of aliphatic hydroxyl groups is 1. The predicted octanol–water partition coefficient (Wildman–Crippen LogP) is 2.69. The van der Waals surface area contributed by atoms with Gasteiger partial charge in [-0.25, -0.2) is 4.68 Å². The number of aliphatic hydroxyl groups excluding tert-OH is 1. The van der Waals surface area contributed by atoms with Gasteiger partial charge in [0.2, 0.25) is 0 Å². The van der Waals surface area contributed by atoms with Crippen LogP contribution in [0.25, 0.3) is 10.8 Å². The molecular formula is C30H39N5O6. The number of hydrogen-bond donors (Lipinski definition) is 1. The van der Waals surface area contributed by atoms with Crippen LogP contribution in [0.4, 0.5) is 5.69 Å². The Kier molecular flexibility index (Phi) is 10.3. The summed E-state index contributed by atoms with van der Waals surface area (Å²) < 4.78 is 18.5. The quantitative estimate of drug-likeness (QED) is 0.207. The molecule has 3 aromatic rings. The molecule has 11 nitrogen and oxygen atoms in total. The number of carbonyl (C=O) groups excluding carboxylic acids is 2. The van der Waals surface area contributed by atoms with E-state index in [-0.39, 0.29) is 31.6 Å². The largest absolute Gasteiger partial charge is 0.396 e. The molecule has 11 heteroatoms. The van der Waals surface area contributed by atoms with Crippen molar-refractivity contribution in [2.75, 3.05) is 70.8 Å². The minimum absolute atomic E-state index is 0.144. The predicted molar refractivity (Wildman–Crippen MR) is 153 cm³/mol. The van der Waals surface area contributed by atoms with Crippen LogP contribution < -0.4 is 4.90 Å². The molecule has 2 aromatic carbocycles. The molecule has 2 aliphatic heterocycles. The first kappa shape index (κ1) is 29.1. The fourth-order valence-electron chi connectivity index (χ4n) is 5.42. The summed E-state index contributed by atoms with van der Waals surface area (Å²) in [6, 6.07) is 9.64. The van der Waals surface area contributed by atoms with Crippen molar-refractivity contribution in [3.05, 3.63) is 53.3 Å². The number of hydrogen-bond acceptors (Lipinski definition) is 9. The van der Waals surface area contributed by atoms with Gasteiger partial charge in [0.05, 0.1) is 58.4 Å². The topological polar surface area (TPSA) is 119 Å². The second kappa shape index (κ2) is 14.5. The summed E-state index contributed by atoms with van der Waals surface area (Å²) in [6.07, 6.45) is 6.81. The van der Waals surface area contributed by atoms with Crippen molar-refractivity contribution in [3.63, 3.8) is 0 Å². The van der Waals surface area contributed by atoms with Crippen molar-refractivity contribution in [2.45, 2.75) is 38.6 Å². The van der Waals surface area contributed by atoms with Crippen LogP contribution in [0.2, 0.25) is 0 Å². The number of nitrogens with zero attached hydrogens (tertiary/aromatic N) is 5. The lowest BCUT2D eigenvalue weighted by molar-refractivity contribution is 0.00920. The van der Waals surface area contributed by atoms with Gasteiger partial charge in [0.15, 0.2) is 0 Å². The van der Waals surface area contributed by atoms with E-state index in [0.29, 0.717) is 63.5 Å². The molecule has 0 aliphatic carbocycles. The molecule has 0 atom stereocenters. The zero-order chi connectivity index (χ0) is 28.4. The number of rotatable bonds is 16. The van der Waals surface area contributed by atoms with Gasteiger partial charge in [-0.2, -0.15) is 0 Å². The first-order valence-corrected chi connectivity index (χ1v) is 14.6. The molecule has 220 valence electrons. The number of ether oxygens (including phenoxy) is 3. The highest BCUT2D eigenvalue weighted by molar-refractivity contribution is 6.26. The molecule has 0 bridgehead atoms. The molecule has 0 unspecified atom stereocenters. The van der Waals surface area contributed by atoms with Gasteiger partial charge in [0.25, 0.3) is 11.8 Å². The summed E-state index contributed by atoms with van der Waals surface area (Å²) in [6.45, 7) is 5.31. The van der Waals surface area contributed by atoms with Crippen LogP contribution >= 0.6 is 0 Å². The van der Waals surface area contributed by atoms with Crippen molar-refractivity contribution in [1.82, 2.24) is 19.9 Å². The van der Waals surface area contributed by atoms with Crippen LogP contribution in [0.5, 0.6) is 0 Å². The van der Waals surface area contributed by atoms with E-state index < -0.39 is 0 Å². The van der Waals surface area contributed by atoms with Crippen LogP contribution in [-0.4, -0.2) is 103 Å². The first-order valence-electron chi connectivity index (χ1n) is 14.6. The third-order valence-corrected chi connectivity index (χ3v) is 7.51. The zero-order valence-electron chi connectivity index (χ0n) is 23.5. The summed E-state index contributed by atoms with van der Waals surface area (Å²) in [4.78, 5) is 30.3. The van der Waals surface area contributed by atoms with E-state index in [1.165, 1.54) is 11.3 Å².